The first-order valence-corrected chi connectivity index (χ1v) is 14.8. The van der Waals surface area contributed by atoms with Crippen molar-refractivity contribution >= 4 is 46.2 Å². The van der Waals surface area contributed by atoms with E-state index in [2.05, 4.69) is 20.6 Å². The maximum atomic E-state index is 13.9. The van der Waals surface area contributed by atoms with Crippen LogP contribution in [0.5, 0.6) is 5.75 Å². The molecule has 2 aliphatic rings. The second-order valence-electron chi connectivity index (χ2n) is 11.2. The van der Waals surface area contributed by atoms with Gasteiger partial charge in [-0.1, -0.05) is 38.1 Å². The summed E-state index contributed by atoms with van der Waals surface area (Å²) in [5.74, 6) is 0.924. The van der Waals surface area contributed by atoms with E-state index in [-0.39, 0.29) is 17.2 Å². The van der Waals surface area contributed by atoms with Crippen LogP contribution in [0.2, 0.25) is 0 Å². The standard InChI is InChI=1S/C27H33IN6O3S/c1-16-23(38-15-30-16)18-9-10-19(22(12-18)37-28)13-29-25(35)21-6-5-11-33(21)26(36)24(27(2,3)4)34-14-20(31-32-34)17-7-8-17/h9-10,12,14-15,17,21,24H,5-8,11,13H2,1-4H3,(H,29,35)/t21-,24+/m0/s1. The number of nitrogens with zero attached hydrogens (tertiary/aromatic N) is 5. The molecule has 2 fully saturated rings. The summed E-state index contributed by atoms with van der Waals surface area (Å²) >= 11 is 3.45. The normalized spacial score (nSPS) is 18.4. The Morgan fingerprint density at radius 2 is 2.05 bits per heavy atom. The van der Waals surface area contributed by atoms with Gasteiger partial charge in [0, 0.05) is 30.8 Å². The Balaban J connectivity index is 1.29. The number of carbonyl (C=O) groups excluding carboxylic acids is 2. The third-order valence-corrected chi connectivity index (χ3v) is 8.74. The molecule has 2 atom stereocenters. The third-order valence-electron chi connectivity index (χ3n) is 7.29. The van der Waals surface area contributed by atoms with Crippen LogP contribution >= 0.6 is 34.3 Å². The summed E-state index contributed by atoms with van der Waals surface area (Å²) in [5, 5.41) is 11.7. The van der Waals surface area contributed by atoms with Crippen molar-refractivity contribution in [3.63, 3.8) is 0 Å². The molecular weight excluding hydrogens is 615 g/mol. The van der Waals surface area contributed by atoms with E-state index in [0.717, 1.165) is 46.7 Å². The summed E-state index contributed by atoms with van der Waals surface area (Å²) in [6.07, 6.45) is 5.59. The zero-order chi connectivity index (χ0) is 27.0. The van der Waals surface area contributed by atoms with Gasteiger partial charge in [0.05, 0.1) is 21.8 Å². The van der Waals surface area contributed by atoms with E-state index in [1.54, 1.807) is 20.9 Å². The lowest BCUT2D eigenvalue weighted by Gasteiger charge is -2.34. The fraction of sp³-hybridized carbons (Fsp3) is 0.519. The molecule has 11 heteroatoms. The Morgan fingerprint density at radius 3 is 2.71 bits per heavy atom. The smallest absolute Gasteiger partial charge is 0.248 e. The van der Waals surface area contributed by atoms with Gasteiger partial charge in [0.15, 0.2) is 23.0 Å². The van der Waals surface area contributed by atoms with Gasteiger partial charge in [0.25, 0.3) is 0 Å². The zero-order valence-electron chi connectivity index (χ0n) is 22.1. The van der Waals surface area contributed by atoms with Crippen molar-refractivity contribution < 1.29 is 12.7 Å². The van der Waals surface area contributed by atoms with E-state index in [1.807, 2.05) is 80.6 Å². The molecule has 0 spiro atoms. The predicted molar refractivity (Wildman–Crippen MR) is 154 cm³/mol. The molecule has 1 aromatic carbocycles. The van der Waals surface area contributed by atoms with E-state index in [1.165, 1.54) is 0 Å². The number of rotatable bonds is 8. The van der Waals surface area contributed by atoms with E-state index in [9.17, 15) is 9.59 Å². The Morgan fingerprint density at radius 1 is 1.26 bits per heavy atom. The topological polar surface area (TPSA) is 102 Å². The van der Waals surface area contributed by atoms with Crippen molar-refractivity contribution in [1.29, 1.82) is 0 Å². The highest BCUT2D eigenvalue weighted by atomic mass is 127. The first-order valence-electron chi connectivity index (χ1n) is 13.0. The van der Waals surface area contributed by atoms with E-state index < -0.39 is 12.1 Å². The predicted octanol–water partition coefficient (Wildman–Crippen LogP) is 5.21. The van der Waals surface area contributed by atoms with Crippen LogP contribution in [-0.2, 0) is 16.1 Å². The summed E-state index contributed by atoms with van der Waals surface area (Å²) < 4.78 is 7.31. The van der Waals surface area contributed by atoms with Crippen LogP contribution in [0.25, 0.3) is 10.4 Å². The molecule has 0 radical (unpaired) electrons. The maximum Gasteiger partial charge on any atom is 0.248 e. The molecule has 0 unspecified atom stereocenters. The van der Waals surface area contributed by atoms with Crippen molar-refractivity contribution in [3.8, 4) is 16.2 Å². The molecule has 5 rings (SSSR count). The second kappa shape index (κ2) is 10.9. The molecule has 1 aliphatic carbocycles. The monoisotopic (exact) mass is 648 g/mol. The van der Waals surface area contributed by atoms with E-state index in [0.29, 0.717) is 31.2 Å². The lowest BCUT2D eigenvalue weighted by Crippen LogP contribution is -2.50. The minimum atomic E-state index is -0.530. The fourth-order valence-electron chi connectivity index (χ4n) is 5.12. The molecule has 38 heavy (non-hydrogen) atoms. The molecule has 1 saturated carbocycles. The minimum absolute atomic E-state index is 0.0806. The summed E-state index contributed by atoms with van der Waals surface area (Å²) in [7, 11) is 0. The highest BCUT2D eigenvalue weighted by Gasteiger charge is 2.43. The number of aryl methyl sites for hydroxylation is 1. The van der Waals surface area contributed by atoms with E-state index in [4.69, 9.17) is 3.07 Å². The largest absolute Gasteiger partial charge is 0.427 e. The summed E-state index contributed by atoms with van der Waals surface area (Å²) in [5.41, 5.74) is 5.27. The fourth-order valence-corrected chi connectivity index (χ4v) is 6.33. The number of thiazole rings is 1. The molecule has 2 aromatic heterocycles. The highest BCUT2D eigenvalue weighted by Crippen LogP contribution is 2.40. The molecule has 9 nitrogen and oxygen atoms in total. The Kier molecular flexibility index (Phi) is 7.77. The Labute approximate surface area is 241 Å². The minimum Gasteiger partial charge on any atom is -0.427 e. The van der Waals surface area contributed by atoms with Crippen LogP contribution in [0.1, 0.15) is 75.4 Å². The molecule has 2 amide bonds. The van der Waals surface area contributed by atoms with Gasteiger partial charge in [-0.25, -0.2) is 9.67 Å². The van der Waals surface area contributed by atoms with Gasteiger partial charge in [0.1, 0.15) is 17.8 Å². The third kappa shape index (κ3) is 5.58. The van der Waals surface area contributed by atoms with Crippen molar-refractivity contribution in [2.75, 3.05) is 6.54 Å². The van der Waals surface area contributed by atoms with E-state index >= 15 is 0 Å². The van der Waals surface area contributed by atoms with Crippen LogP contribution < -0.4 is 8.38 Å². The molecular formula is C27H33IN6O3S. The number of aromatic nitrogens is 4. The molecule has 3 heterocycles. The second-order valence-corrected chi connectivity index (χ2v) is 12.5. The molecule has 1 saturated heterocycles. The Bertz CT molecular complexity index is 1330. The average molecular weight is 649 g/mol. The molecule has 1 aliphatic heterocycles. The van der Waals surface area contributed by atoms with Crippen LogP contribution in [0.15, 0.2) is 29.9 Å². The lowest BCUT2D eigenvalue weighted by atomic mass is 9.85. The van der Waals surface area contributed by atoms with Crippen LogP contribution in [-0.4, -0.2) is 49.3 Å². The van der Waals surface area contributed by atoms with Crippen molar-refractivity contribution in [3.05, 3.63) is 46.9 Å². The highest BCUT2D eigenvalue weighted by molar-refractivity contribution is 14.1. The summed E-state index contributed by atoms with van der Waals surface area (Å²) in [6.45, 7) is 8.94. The number of carbonyl (C=O) groups is 2. The maximum absolute atomic E-state index is 13.9. The Hall–Kier alpha value is -2.54. The van der Waals surface area contributed by atoms with Gasteiger partial charge >= 0.3 is 0 Å². The summed E-state index contributed by atoms with van der Waals surface area (Å²) in [6, 6.07) is 4.92. The van der Waals surface area contributed by atoms with Gasteiger partial charge in [-0.05, 0) is 49.7 Å². The first-order chi connectivity index (χ1) is 18.2. The average Bonchev–Trinajstić information content (AvgIpc) is 3.24. The van der Waals surface area contributed by atoms with Crippen molar-refractivity contribution in [2.45, 2.75) is 77.9 Å². The SMILES string of the molecule is Cc1ncsc1-c1ccc(CNC(=O)[C@@H]2CCCN2C(=O)[C@@H](n2cc(C3CC3)nn2)C(C)(C)C)c(OI)c1. The number of nitrogens with one attached hydrogen (secondary N) is 1. The number of benzene rings is 1. The number of halogens is 1. The van der Waals surface area contributed by atoms with Gasteiger partial charge in [-0.3, -0.25) is 9.59 Å². The number of amides is 2. The molecule has 3 aromatic rings. The van der Waals surface area contributed by atoms with Gasteiger partial charge in [-0.2, -0.15) is 0 Å². The van der Waals surface area contributed by atoms with Crippen molar-refractivity contribution in [1.82, 2.24) is 30.2 Å². The van der Waals surface area contributed by atoms with Gasteiger partial charge < -0.3 is 13.3 Å². The zero-order valence-corrected chi connectivity index (χ0v) is 25.1. The van der Waals surface area contributed by atoms with Gasteiger partial charge in [0.2, 0.25) is 11.8 Å². The molecule has 0 bridgehead atoms. The number of likely N-dealkylation sites (tertiary alicyclic amines) is 1. The van der Waals surface area contributed by atoms with Crippen LogP contribution in [0, 0.1) is 12.3 Å². The quantitative estimate of drug-likeness (QED) is 0.337. The molecule has 202 valence electrons. The molecule has 1 N–H and O–H groups in total. The van der Waals surface area contributed by atoms with Gasteiger partial charge in [-0.15, -0.1) is 16.4 Å². The van der Waals surface area contributed by atoms with Crippen molar-refractivity contribution in [2.24, 2.45) is 5.41 Å². The number of hydrogen-bond donors (Lipinski definition) is 1. The first kappa shape index (κ1) is 27.0. The lowest BCUT2D eigenvalue weighted by molar-refractivity contribution is -0.144. The van der Waals surface area contributed by atoms with Crippen LogP contribution in [0.4, 0.5) is 0 Å². The number of hydrogen-bond acceptors (Lipinski definition) is 7. The van der Waals surface area contributed by atoms with Crippen LogP contribution in [0.3, 0.4) is 0 Å². The summed E-state index contributed by atoms with van der Waals surface area (Å²) in [4.78, 5) is 34.4.